The molecular formula is C21H27ClN2O3S. The van der Waals surface area contributed by atoms with Crippen molar-refractivity contribution in [1.82, 2.24) is 4.31 Å². The fraction of sp³-hybridized carbons (Fsp3) is 0.429. The van der Waals surface area contributed by atoms with Crippen LogP contribution in [0.15, 0.2) is 47.4 Å². The second-order valence-corrected chi connectivity index (χ2v) is 9.29. The summed E-state index contributed by atoms with van der Waals surface area (Å²) in [6.45, 7) is 6.56. The fourth-order valence-corrected chi connectivity index (χ4v) is 5.03. The number of piperazine rings is 1. The molecule has 0 saturated carbocycles. The summed E-state index contributed by atoms with van der Waals surface area (Å²) in [5.74, 6) is 0.390. The summed E-state index contributed by atoms with van der Waals surface area (Å²) in [5, 5.41) is 0.435. The Labute approximate surface area is 172 Å². The van der Waals surface area contributed by atoms with E-state index in [2.05, 4.69) is 11.8 Å². The smallest absolute Gasteiger partial charge is 0.246 e. The molecule has 0 aromatic heterocycles. The number of nitrogens with zero attached hydrogens (tertiary/aromatic N) is 2. The number of rotatable bonds is 7. The summed E-state index contributed by atoms with van der Waals surface area (Å²) in [6, 6.07) is 13.3. The number of unbranched alkanes of at least 4 members (excludes halogenated alkanes) is 1. The van der Waals surface area contributed by atoms with Crippen LogP contribution in [0.1, 0.15) is 25.3 Å². The van der Waals surface area contributed by atoms with E-state index in [1.807, 2.05) is 37.3 Å². The quantitative estimate of drug-likeness (QED) is 0.623. The molecule has 2 aromatic carbocycles. The van der Waals surface area contributed by atoms with Crippen molar-refractivity contribution in [2.45, 2.75) is 31.6 Å². The summed E-state index contributed by atoms with van der Waals surface area (Å²) in [5.41, 5.74) is 1.92. The van der Waals surface area contributed by atoms with Crippen molar-refractivity contribution in [1.29, 1.82) is 0 Å². The van der Waals surface area contributed by atoms with E-state index in [0.717, 1.165) is 24.1 Å². The molecule has 3 rings (SSSR count). The molecule has 2 aromatic rings. The number of anilines is 1. The number of ether oxygens (including phenoxy) is 1. The molecule has 1 fully saturated rings. The Bertz CT molecular complexity index is 895. The van der Waals surface area contributed by atoms with Gasteiger partial charge in [0.25, 0.3) is 0 Å². The maximum absolute atomic E-state index is 13.3. The SMILES string of the molecule is CCCCOc1cc(C)c(Cl)cc1S(=O)(=O)N1CCN(c2ccccc2)CC1. The van der Waals surface area contributed by atoms with Crippen molar-refractivity contribution in [3.63, 3.8) is 0 Å². The second kappa shape index (κ2) is 9.16. The van der Waals surface area contributed by atoms with Crippen LogP contribution in [0.5, 0.6) is 5.75 Å². The van der Waals surface area contributed by atoms with E-state index >= 15 is 0 Å². The maximum Gasteiger partial charge on any atom is 0.246 e. The molecule has 0 spiro atoms. The monoisotopic (exact) mass is 422 g/mol. The summed E-state index contributed by atoms with van der Waals surface area (Å²) in [6.07, 6.45) is 1.85. The number of sulfonamides is 1. The van der Waals surface area contributed by atoms with Crippen molar-refractivity contribution in [2.24, 2.45) is 0 Å². The lowest BCUT2D eigenvalue weighted by molar-refractivity contribution is 0.299. The van der Waals surface area contributed by atoms with Gasteiger partial charge in [0.1, 0.15) is 10.6 Å². The number of hydrogen-bond donors (Lipinski definition) is 0. The first-order valence-corrected chi connectivity index (χ1v) is 11.5. The first-order valence-electron chi connectivity index (χ1n) is 9.66. The first-order chi connectivity index (χ1) is 13.4. The molecule has 5 nitrogen and oxygen atoms in total. The molecule has 0 amide bonds. The minimum atomic E-state index is -3.68. The zero-order valence-corrected chi connectivity index (χ0v) is 18.0. The molecule has 0 bridgehead atoms. The molecule has 0 N–H and O–H groups in total. The van der Waals surface area contributed by atoms with Crippen LogP contribution in [-0.2, 0) is 10.0 Å². The Balaban J connectivity index is 1.80. The predicted octanol–water partition coefficient (Wildman–Crippen LogP) is 4.34. The van der Waals surface area contributed by atoms with Crippen LogP contribution in [-0.4, -0.2) is 45.5 Å². The Kier molecular flexibility index (Phi) is 6.86. The standard InChI is InChI=1S/C21H27ClN2O3S/c1-3-4-14-27-20-15-17(2)19(22)16-21(20)28(25,26)24-12-10-23(11-13-24)18-8-6-5-7-9-18/h5-9,15-16H,3-4,10-14H2,1-2H3. The van der Waals surface area contributed by atoms with Gasteiger partial charge in [-0.1, -0.05) is 43.1 Å². The van der Waals surface area contributed by atoms with Gasteiger partial charge in [-0.15, -0.1) is 0 Å². The molecule has 0 radical (unpaired) electrons. The van der Waals surface area contributed by atoms with Gasteiger partial charge in [-0.25, -0.2) is 8.42 Å². The molecule has 152 valence electrons. The van der Waals surface area contributed by atoms with Crippen LogP contribution >= 0.6 is 11.6 Å². The van der Waals surface area contributed by atoms with Gasteiger partial charge in [-0.3, -0.25) is 0 Å². The van der Waals surface area contributed by atoms with Crippen LogP contribution in [0.3, 0.4) is 0 Å². The van der Waals surface area contributed by atoms with E-state index in [9.17, 15) is 8.42 Å². The van der Waals surface area contributed by atoms with E-state index in [1.165, 1.54) is 10.4 Å². The Morgan fingerprint density at radius 1 is 1.07 bits per heavy atom. The van der Waals surface area contributed by atoms with Crippen LogP contribution < -0.4 is 9.64 Å². The minimum absolute atomic E-state index is 0.160. The Hall–Kier alpha value is -1.76. The molecule has 0 unspecified atom stereocenters. The molecule has 1 heterocycles. The van der Waals surface area contributed by atoms with E-state index in [1.54, 1.807) is 6.07 Å². The van der Waals surface area contributed by atoms with E-state index in [4.69, 9.17) is 16.3 Å². The maximum atomic E-state index is 13.3. The van der Waals surface area contributed by atoms with E-state index in [-0.39, 0.29) is 4.90 Å². The van der Waals surface area contributed by atoms with Crippen LogP contribution in [0.25, 0.3) is 0 Å². The highest BCUT2D eigenvalue weighted by Gasteiger charge is 2.31. The van der Waals surface area contributed by atoms with Gasteiger partial charge in [0.2, 0.25) is 10.0 Å². The predicted molar refractivity (Wildman–Crippen MR) is 114 cm³/mol. The lowest BCUT2D eigenvalue weighted by atomic mass is 10.2. The Morgan fingerprint density at radius 3 is 2.39 bits per heavy atom. The average Bonchev–Trinajstić information content (AvgIpc) is 2.71. The highest BCUT2D eigenvalue weighted by atomic mass is 35.5. The summed E-state index contributed by atoms with van der Waals surface area (Å²) in [7, 11) is -3.68. The topological polar surface area (TPSA) is 49.9 Å². The molecule has 28 heavy (non-hydrogen) atoms. The normalized spacial score (nSPS) is 15.6. The zero-order valence-electron chi connectivity index (χ0n) is 16.4. The highest BCUT2D eigenvalue weighted by Crippen LogP contribution is 2.33. The third-order valence-electron chi connectivity index (χ3n) is 4.96. The molecule has 7 heteroatoms. The lowest BCUT2D eigenvalue weighted by Crippen LogP contribution is -2.48. The molecule has 1 aliphatic heterocycles. The van der Waals surface area contributed by atoms with Gasteiger partial charge in [0.05, 0.1) is 6.61 Å². The number of benzene rings is 2. The van der Waals surface area contributed by atoms with Crippen LogP contribution in [0.2, 0.25) is 5.02 Å². The van der Waals surface area contributed by atoms with Crippen LogP contribution in [0, 0.1) is 6.92 Å². The molecule has 1 saturated heterocycles. The van der Waals surface area contributed by atoms with Crippen molar-refractivity contribution < 1.29 is 13.2 Å². The number of hydrogen-bond acceptors (Lipinski definition) is 4. The third-order valence-corrected chi connectivity index (χ3v) is 7.29. The first kappa shape index (κ1) is 21.0. The minimum Gasteiger partial charge on any atom is -0.492 e. The van der Waals surface area contributed by atoms with Gasteiger partial charge < -0.3 is 9.64 Å². The molecule has 1 aliphatic rings. The van der Waals surface area contributed by atoms with Gasteiger partial charge in [-0.2, -0.15) is 4.31 Å². The molecule has 0 aliphatic carbocycles. The largest absolute Gasteiger partial charge is 0.492 e. The van der Waals surface area contributed by atoms with E-state index < -0.39 is 10.0 Å². The van der Waals surface area contributed by atoms with Gasteiger partial charge in [0.15, 0.2) is 0 Å². The van der Waals surface area contributed by atoms with Crippen molar-refractivity contribution in [3.05, 3.63) is 53.1 Å². The second-order valence-electron chi connectivity index (χ2n) is 6.98. The van der Waals surface area contributed by atoms with Gasteiger partial charge >= 0.3 is 0 Å². The third kappa shape index (κ3) is 4.62. The van der Waals surface area contributed by atoms with Crippen LogP contribution in [0.4, 0.5) is 5.69 Å². The lowest BCUT2D eigenvalue weighted by Gasteiger charge is -2.35. The number of halogens is 1. The van der Waals surface area contributed by atoms with Crippen molar-refractivity contribution in [2.75, 3.05) is 37.7 Å². The van der Waals surface area contributed by atoms with Crippen molar-refractivity contribution in [3.8, 4) is 5.75 Å². The summed E-state index contributed by atoms with van der Waals surface area (Å²) in [4.78, 5) is 2.36. The van der Waals surface area contributed by atoms with E-state index in [0.29, 0.717) is 43.6 Å². The van der Waals surface area contributed by atoms with Gasteiger partial charge in [0, 0.05) is 36.9 Å². The summed E-state index contributed by atoms with van der Waals surface area (Å²) < 4.78 is 34.0. The molecule has 0 atom stereocenters. The highest BCUT2D eigenvalue weighted by molar-refractivity contribution is 7.89. The Morgan fingerprint density at radius 2 is 1.75 bits per heavy atom. The number of para-hydroxylation sites is 1. The average molecular weight is 423 g/mol. The van der Waals surface area contributed by atoms with Crippen molar-refractivity contribution >= 4 is 27.3 Å². The molecular weight excluding hydrogens is 396 g/mol. The number of aryl methyl sites for hydroxylation is 1. The zero-order chi connectivity index (χ0) is 20.1. The fourth-order valence-electron chi connectivity index (χ4n) is 3.24. The summed E-state index contributed by atoms with van der Waals surface area (Å²) >= 11 is 6.25. The van der Waals surface area contributed by atoms with Gasteiger partial charge in [-0.05, 0) is 43.2 Å².